The van der Waals surface area contributed by atoms with Gasteiger partial charge in [0.15, 0.2) is 12.5 Å². The fourth-order valence-electron chi connectivity index (χ4n) is 3.82. The first-order chi connectivity index (χ1) is 15.9. The summed E-state index contributed by atoms with van der Waals surface area (Å²) in [6.07, 6.45) is 2.25. The molecule has 184 valence electrons. The van der Waals surface area contributed by atoms with Gasteiger partial charge in [0.2, 0.25) is 0 Å². The molecular weight excluding hydrogens is 496 g/mol. The standard InChI is InChI=1S/C23H30Cl2FN5O2Si/c1-23(2,34(3,4)25)11-20(32)16-9-15(26)7-8-18(16)31-19(10-21(24)28-31)22(33)17-13-30(29-27-17)12-14-5-6-14/h7-10,13-14,20,22,32-33H,5-6,11-12H2,1-4H3. The Bertz CT molecular complexity index is 1170. The van der Waals surface area contributed by atoms with E-state index in [0.717, 1.165) is 6.54 Å². The van der Waals surface area contributed by atoms with Crippen LogP contribution in [0.5, 0.6) is 0 Å². The number of aliphatic hydroxyl groups excluding tert-OH is 2. The van der Waals surface area contributed by atoms with Crippen molar-refractivity contribution in [3.8, 4) is 5.69 Å². The lowest BCUT2D eigenvalue weighted by Gasteiger charge is -2.36. The average molecular weight is 527 g/mol. The summed E-state index contributed by atoms with van der Waals surface area (Å²) in [6, 6.07) is 5.63. The SMILES string of the molecule is CC(C)(CC(O)c1cc(F)ccc1-n1nc(Cl)cc1C(O)c1cn(CC2CC2)nn1)[Si](C)(C)Cl. The summed E-state index contributed by atoms with van der Waals surface area (Å²) < 4.78 is 17.4. The van der Waals surface area contributed by atoms with Gasteiger partial charge in [-0.05, 0) is 48.4 Å². The molecule has 0 bridgehead atoms. The summed E-state index contributed by atoms with van der Waals surface area (Å²) in [6.45, 7) is 8.83. The van der Waals surface area contributed by atoms with Crippen molar-refractivity contribution in [1.82, 2.24) is 24.8 Å². The minimum absolute atomic E-state index is 0.152. The molecule has 1 aliphatic rings. The molecule has 1 aliphatic carbocycles. The molecule has 2 unspecified atom stereocenters. The molecule has 0 spiro atoms. The third kappa shape index (κ3) is 5.38. The van der Waals surface area contributed by atoms with Gasteiger partial charge >= 0.3 is 0 Å². The van der Waals surface area contributed by atoms with E-state index in [4.69, 9.17) is 22.7 Å². The van der Waals surface area contributed by atoms with Crippen molar-refractivity contribution in [3.63, 3.8) is 0 Å². The first kappa shape index (κ1) is 25.3. The quantitative estimate of drug-likeness (QED) is 0.288. The number of aliphatic hydroxyl groups is 2. The van der Waals surface area contributed by atoms with E-state index >= 15 is 0 Å². The molecule has 2 aromatic heterocycles. The second-order valence-corrected chi connectivity index (χ2v) is 17.8. The zero-order valence-corrected chi connectivity index (χ0v) is 22.2. The molecule has 1 fully saturated rings. The lowest BCUT2D eigenvalue weighted by atomic mass is 9.97. The van der Waals surface area contributed by atoms with E-state index in [-0.39, 0.29) is 10.2 Å². The summed E-state index contributed by atoms with van der Waals surface area (Å²) in [5, 5.41) is 34.7. The smallest absolute Gasteiger partial charge is 0.156 e. The van der Waals surface area contributed by atoms with Crippen molar-refractivity contribution in [2.24, 2.45) is 5.92 Å². The Morgan fingerprint density at radius 2 is 1.94 bits per heavy atom. The largest absolute Gasteiger partial charge is 0.388 e. The minimum Gasteiger partial charge on any atom is -0.388 e. The summed E-state index contributed by atoms with van der Waals surface area (Å²) in [5.41, 5.74) is 1.47. The Morgan fingerprint density at radius 1 is 1.24 bits per heavy atom. The number of hydrogen-bond acceptors (Lipinski definition) is 5. The highest BCUT2D eigenvalue weighted by atomic mass is 35.6. The van der Waals surface area contributed by atoms with Gasteiger partial charge in [-0.15, -0.1) is 5.10 Å². The maximum atomic E-state index is 14.3. The Kier molecular flexibility index (Phi) is 6.96. The first-order valence-corrected chi connectivity index (χ1v) is 15.7. The third-order valence-electron chi connectivity index (χ3n) is 6.86. The summed E-state index contributed by atoms with van der Waals surface area (Å²) in [5.74, 6) is 0.126. The average Bonchev–Trinajstić information content (AvgIpc) is 3.28. The van der Waals surface area contributed by atoms with Crippen LogP contribution in [-0.4, -0.2) is 42.4 Å². The van der Waals surface area contributed by atoms with Crippen LogP contribution in [0.4, 0.5) is 4.39 Å². The number of nitrogens with zero attached hydrogens (tertiary/aromatic N) is 5. The Morgan fingerprint density at radius 3 is 2.59 bits per heavy atom. The van der Waals surface area contributed by atoms with Gasteiger partial charge in [0.25, 0.3) is 0 Å². The third-order valence-corrected chi connectivity index (χ3v) is 12.0. The first-order valence-electron chi connectivity index (χ1n) is 11.4. The molecule has 0 aliphatic heterocycles. The number of hydrogen-bond donors (Lipinski definition) is 2. The van der Waals surface area contributed by atoms with Gasteiger partial charge in [-0.1, -0.05) is 43.8 Å². The molecule has 1 aromatic carbocycles. The van der Waals surface area contributed by atoms with E-state index < -0.39 is 25.4 Å². The second kappa shape index (κ2) is 9.35. The van der Waals surface area contributed by atoms with E-state index in [1.165, 1.54) is 41.8 Å². The molecule has 3 aromatic rings. The lowest BCUT2D eigenvalue weighted by Crippen LogP contribution is -2.34. The highest BCUT2D eigenvalue weighted by Crippen LogP contribution is 2.47. The zero-order chi connectivity index (χ0) is 24.8. The molecule has 34 heavy (non-hydrogen) atoms. The van der Waals surface area contributed by atoms with E-state index in [0.29, 0.717) is 35.0 Å². The van der Waals surface area contributed by atoms with E-state index in [2.05, 4.69) is 15.4 Å². The van der Waals surface area contributed by atoms with Crippen LogP contribution in [0.3, 0.4) is 0 Å². The van der Waals surface area contributed by atoms with Crippen LogP contribution in [0.2, 0.25) is 23.3 Å². The topological polar surface area (TPSA) is 89.0 Å². The highest BCUT2D eigenvalue weighted by Gasteiger charge is 2.40. The molecular formula is C23H30Cl2FN5O2Si. The van der Waals surface area contributed by atoms with Gasteiger partial charge in [0, 0.05) is 18.2 Å². The van der Waals surface area contributed by atoms with Crippen molar-refractivity contribution in [3.05, 3.63) is 58.4 Å². The summed E-state index contributed by atoms with van der Waals surface area (Å²) >= 11 is 12.9. The van der Waals surface area contributed by atoms with Gasteiger partial charge in [-0.2, -0.15) is 16.2 Å². The zero-order valence-electron chi connectivity index (χ0n) is 19.7. The molecule has 0 saturated heterocycles. The number of rotatable bonds is 9. The Balaban J connectivity index is 1.69. The van der Waals surface area contributed by atoms with Crippen LogP contribution in [0.1, 0.15) is 62.3 Å². The fraction of sp³-hybridized carbons (Fsp3) is 0.522. The molecule has 2 heterocycles. The van der Waals surface area contributed by atoms with E-state index in [9.17, 15) is 14.6 Å². The van der Waals surface area contributed by atoms with Crippen molar-refractivity contribution < 1.29 is 14.6 Å². The van der Waals surface area contributed by atoms with Crippen molar-refractivity contribution in [2.75, 3.05) is 0 Å². The molecule has 0 amide bonds. The van der Waals surface area contributed by atoms with Gasteiger partial charge in [-0.25, -0.2) is 9.07 Å². The van der Waals surface area contributed by atoms with Crippen LogP contribution in [-0.2, 0) is 6.54 Å². The van der Waals surface area contributed by atoms with Crippen molar-refractivity contribution in [2.45, 2.75) is 70.0 Å². The van der Waals surface area contributed by atoms with Crippen molar-refractivity contribution >= 4 is 30.1 Å². The molecule has 2 N–H and O–H groups in total. The molecule has 2 atom stereocenters. The predicted molar refractivity (Wildman–Crippen MR) is 132 cm³/mol. The van der Waals surface area contributed by atoms with Crippen LogP contribution in [0, 0.1) is 11.7 Å². The van der Waals surface area contributed by atoms with E-state index in [1.807, 2.05) is 26.9 Å². The summed E-state index contributed by atoms with van der Waals surface area (Å²) in [4.78, 5) is 0. The van der Waals surface area contributed by atoms with Gasteiger partial charge < -0.3 is 10.2 Å². The van der Waals surface area contributed by atoms with Crippen LogP contribution >= 0.6 is 22.7 Å². The minimum atomic E-state index is -2.15. The Labute approximate surface area is 209 Å². The van der Waals surface area contributed by atoms with Crippen LogP contribution < -0.4 is 0 Å². The molecule has 7 nitrogen and oxygen atoms in total. The maximum Gasteiger partial charge on any atom is 0.156 e. The van der Waals surface area contributed by atoms with Crippen LogP contribution in [0.25, 0.3) is 5.69 Å². The molecule has 11 heteroatoms. The number of benzene rings is 1. The normalized spacial score (nSPS) is 16.6. The predicted octanol–water partition coefficient (Wildman–Crippen LogP) is 5.40. The number of halogens is 3. The monoisotopic (exact) mass is 525 g/mol. The maximum absolute atomic E-state index is 14.3. The van der Waals surface area contributed by atoms with Gasteiger partial charge in [0.05, 0.1) is 23.7 Å². The fourth-order valence-corrected chi connectivity index (χ4v) is 4.92. The van der Waals surface area contributed by atoms with Crippen LogP contribution in [0.15, 0.2) is 30.5 Å². The Hall–Kier alpha value is -1.78. The molecule has 1 saturated carbocycles. The van der Waals surface area contributed by atoms with E-state index in [1.54, 1.807) is 10.9 Å². The molecule has 0 radical (unpaired) electrons. The molecule has 4 rings (SSSR count). The van der Waals surface area contributed by atoms with Crippen molar-refractivity contribution in [1.29, 1.82) is 0 Å². The summed E-state index contributed by atoms with van der Waals surface area (Å²) in [7, 11) is -2.15. The van der Waals surface area contributed by atoms with Gasteiger partial charge in [-0.3, -0.25) is 4.68 Å². The lowest BCUT2D eigenvalue weighted by molar-refractivity contribution is 0.152. The highest BCUT2D eigenvalue weighted by molar-refractivity contribution is 7.20. The van der Waals surface area contributed by atoms with Gasteiger partial charge in [0.1, 0.15) is 17.6 Å². The second-order valence-electron chi connectivity index (χ2n) is 10.3. The number of aromatic nitrogens is 5.